The van der Waals surface area contributed by atoms with Crippen LogP contribution in [0.1, 0.15) is 43.6 Å². The van der Waals surface area contributed by atoms with Gasteiger partial charge in [-0.15, -0.1) is 5.10 Å². The SMILES string of the molecule is c1cc(C2CCCCC2)ccc1-c1csnn1. The van der Waals surface area contributed by atoms with Crippen LogP contribution in [0.3, 0.4) is 0 Å². The highest BCUT2D eigenvalue weighted by molar-refractivity contribution is 7.03. The summed E-state index contributed by atoms with van der Waals surface area (Å²) in [5, 5.41) is 6.09. The van der Waals surface area contributed by atoms with Gasteiger partial charge in [-0.1, -0.05) is 48.0 Å². The Balaban J connectivity index is 1.80. The van der Waals surface area contributed by atoms with Crippen LogP contribution >= 0.6 is 11.5 Å². The summed E-state index contributed by atoms with van der Waals surface area (Å²) in [6.45, 7) is 0. The minimum absolute atomic E-state index is 0.784. The van der Waals surface area contributed by atoms with Gasteiger partial charge in [0.25, 0.3) is 0 Å². The summed E-state index contributed by atoms with van der Waals surface area (Å²) in [7, 11) is 0. The van der Waals surface area contributed by atoms with E-state index in [2.05, 4.69) is 33.9 Å². The Morgan fingerprint density at radius 3 is 2.41 bits per heavy atom. The van der Waals surface area contributed by atoms with Crippen LogP contribution in [-0.4, -0.2) is 9.59 Å². The molecular formula is C14H16N2S. The highest BCUT2D eigenvalue weighted by Crippen LogP contribution is 2.33. The van der Waals surface area contributed by atoms with Gasteiger partial charge in [-0.2, -0.15) is 0 Å². The molecule has 1 saturated carbocycles. The van der Waals surface area contributed by atoms with Crippen molar-refractivity contribution in [2.75, 3.05) is 0 Å². The van der Waals surface area contributed by atoms with Crippen LogP contribution in [0.2, 0.25) is 0 Å². The summed E-state index contributed by atoms with van der Waals surface area (Å²) in [6.07, 6.45) is 6.92. The average molecular weight is 244 g/mol. The van der Waals surface area contributed by atoms with E-state index in [4.69, 9.17) is 0 Å². The zero-order valence-electron chi connectivity index (χ0n) is 9.80. The van der Waals surface area contributed by atoms with E-state index in [-0.39, 0.29) is 0 Å². The molecule has 0 spiro atoms. The van der Waals surface area contributed by atoms with Crippen LogP contribution < -0.4 is 0 Å². The molecule has 0 N–H and O–H groups in total. The standard InChI is InChI=1S/C14H16N2S/c1-2-4-11(5-3-1)12-6-8-13(9-7-12)14-10-17-16-15-14/h6-11H,1-5H2. The Morgan fingerprint density at radius 2 is 1.76 bits per heavy atom. The minimum atomic E-state index is 0.784. The molecular weight excluding hydrogens is 228 g/mol. The molecule has 1 aromatic heterocycles. The molecule has 0 saturated heterocycles. The second-order valence-corrected chi connectivity index (χ2v) is 5.36. The van der Waals surface area contributed by atoms with Gasteiger partial charge in [0.15, 0.2) is 0 Å². The Bertz CT molecular complexity index is 455. The van der Waals surface area contributed by atoms with Crippen molar-refractivity contribution in [3.05, 3.63) is 35.2 Å². The Morgan fingerprint density at radius 1 is 1.00 bits per heavy atom. The molecule has 1 fully saturated rings. The van der Waals surface area contributed by atoms with Gasteiger partial charge in [0.1, 0.15) is 5.69 Å². The maximum atomic E-state index is 4.10. The molecule has 0 unspecified atom stereocenters. The molecule has 0 bridgehead atoms. The largest absolute Gasteiger partial charge is 0.138 e. The Hall–Kier alpha value is -1.22. The summed E-state index contributed by atoms with van der Waals surface area (Å²) in [5.74, 6) is 0.784. The summed E-state index contributed by atoms with van der Waals surface area (Å²) in [4.78, 5) is 0. The first-order valence-corrected chi connectivity index (χ1v) is 7.14. The highest BCUT2D eigenvalue weighted by atomic mass is 32.1. The van der Waals surface area contributed by atoms with E-state index >= 15 is 0 Å². The molecule has 1 heterocycles. The van der Waals surface area contributed by atoms with Gasteiger partial charge >= 0.3 is 0 Å². The fraction of sp³-hybridized carbons (Fsp3) is 0.429. The third-order valence-corrected chi connectivity index (χ3v) is 4.15. The van der Waals surface area contributed by atoms with Gasteiger partial charge in [0.05, 0.1) is 0 Å². The van der Waals surface area contributed by atoms with Crippen LogP contribution in [0.5, 0.6) is 0 Å². The average Bonchev–Trinajstić information content (AvgIpc) is 2.94. The van der Waals surface area contributed by atoms with Crippen molar-refractivity contribution in [3.8, 4) is 11.3 Å². The fourth-order valence-corrected chi connectivity index (χ4v) is 3.12. The molecule has 0 amide bonds. The number of nitrogens with zero attached hydrogens (tertiary/aromatic N) is 2. The van der Waals surface area contributed by atoms with Crippen molar-refractivity contribution in [2.45, 2.75) is 38.0 Å². The summed E-state index contributed by atoms with van der Waals surface area (Å²) >= 11 is 1.41. The van der Waals surface area contributed by atoms with E-state index in [0.717, 1.165) is 11.6 Å². The van der Waals surface area contributed by atoms with Gasteiger partial charge in [-0.3, -0.25) is 0 Å². The van der Waals surface area contributed by atoms with Gasteiger partial charge in [0.2, 0.25) is 0 Å². The third kappa shape index (κ3) is 2.39. The topological polar surface area (TPSA) is 25.8 Å². The lowest BCUT2D eigenvalue weighted by Crippen LogP contribution is -2.04. The molecule has 88 valence electrons. The van der Waals surface area contributed by atoms with Crippen LogP contribution in [0, 0.1) is 0 Å². The maximum Gasteiger partial charge on any atom is 0.105 e. The zero-order valence-corrected chi connectivity index (χ0v) is 10.6. The lowest BCUT2D eigenvalue weighted by molar-refractivity contribution is 0.443. The summed E-state index contributed by atoms with van der Waals surface area (Å²) in [5.41, 5.74) is 3.67. The van der Waals surface area contributed by atoms with E-state index in [1.165, 1.54) is 54.8 Å². The van der Waals surface area contributed by atoms with E-state index in [1.807, 2.05) is 5.38 Å². The molecule has 17 heavy (non-hydrogen) atoms. The Labute approximate surface area is 106 Å². The number of aromatic nitrogens is 2. The first-order valence-electron chi connectivity index (χ1n) is 6.31. The Kier molecular flexibility index (Phi) is 3.18. The van der Waals surface area contributed by atoms with Gasteiger partial charge < -0.3 is 0 Å². The number of rotatable bonds is 2. The second-order valence-electron chi connectivity index (χ2n) is 4.75. The van der Waals surface area contributed by atoms with Crippen molar-refractivity contribution in [2.24, 2.45) is 0 Å². The van der Waals surface area contributed by atoms with E-state index in [9.17, 15) is 0 Å². The predicted octanol–water partition coefficient (Wildman–Crippen LogP) is 4.25. The minimum Gasteiger partial charge on any atom is -0.138 e. The molecule has 1 aromatic carbocycles. The molecule has 3 heteroatoms. The summed E-state index contributed by atoms with van der Waals surface area (Å²) in [6, 6.07) is 8.90. The van der Waals surface area contributed by atoms with Crippen LogP contribution in [0.15, 0.2) is 29.6 Å². The first kappa shape index (κ1) is 10.9. The highest BCUT2D eigenvalue weighted by Gasteiger charge is 2.15. The number of benzene rings is 1. The molecule has 3 rings (SSSR count). The predicted molar refractivity (Wildman–Crippen MR) is 71.2 cm³/mol. The number of hydrogen-bond donors (Lipinski definition) is 0. The van der Waals surface area contributed by atoms with E-state index in [1.54, 1.807) is 0 Å². The lowest BCUT2D eigenvalue weighted by Gasteiger charge is -2.21. The molecule has 1 aliphatic carbocycles. The van der Waals surface area contributed by atoms with Gasteiger partial charge in [0, 0.05) is 10.9 Å². The van der Waals surface area contributed by atoms with Crippen molar-refractivity contribution < 1.29 is 0 Å². The normalized spacial score (nSPS) is 17.2. The fourth-order valence-electron chi connectivity index (χ4n) is 2.65. The van der Waals surface area contributed by atoms with Gasteiger partial charge in [-0.05, 0) is 35.9 Å². The van der Waals surface area contributed by atoms with E-state index in [0.29, 0.717) is 0 Å². The molecule has 0 radical (unpaired) electrons. The second kappa shape index (κ2) is 4.96. The number of hydrogen-bond acceptors (Lipinski definition) is 3. The maximum absolute atomic E-state index is 4.10. The van der Waals surface area contributed by atoms with Crippen molar-refractivity contribution in [1.82, 2.24) is 9.59 Å². The van der Waals surface area contributed by atoms with Crippen LogP contribution in [0.4, 0.5) is 0 Å². The van der Waals surface area contributed by atoms with Crippen LogP contribution in [0.25, 0.3) is 11.3 Å². The zero-order chi connectivity index (χ0) is 11.5. The van der Waals surface area contributed by atoms with E-state index < -0.39 is 0 Å². The summed E-state index contributed by atoms with van der Waals surface area (Å²) < 4.78 is 3.90. The molecule has 1 aliphatic rings. The van der Waals surface area contributed by atoms with Crippen molar-refractivity contribution in [1.29, 1.82) is 0 Å². The lowest BCUT2D eigenvalue weighted by atomic mass is 9.84. The third-order valence-electron chi connectivity index (χ3n) is 3.64. The molecule has 2 aromatic rings. The van der Waals surface area contributed by atoms with Crippen LogP contribution in [-0.2, 0) is 0 Å². The van der Waals surface area contributed by atoms with Gasteiger partial charge in [-0.25, -0.2) is 0 Å². The molecule has 0 aliphatic heterocycles. The smallest absolute Gasteiger partial charge is 0.105 e. The monoisotopic (exact) mass is 244 g/mol. The molecule has 0 atom stereocenters. The molecule has 2 nitrogen and oxygen atoms in total. The quantitative estimate of drug-likeness (QED) is 0.789. The van der Waals surface area contributed by atoms with Crippen molar-refractivity contribution >= 4 is 11.5 Å². The first-order chi connectivity index (χ1) is 8.43. The van der Waals surface area contributed by atoms with Crippen molar-refractivity contribution in [3.63, 3.8) is 0 Å².